The highest BCUT2D eigenvalue weighted by Gasteiger charge is 2.10. The fraction of sp³-hybridized carbons (Fsp3) is 0.429. The molecule has 4 nitrogen and oxygen atoms in total. The molecular formula is C14H19BrN4. The lowest BCUT2D eigenvalue weighted by atomic mass is 10.1. The molecule has 5 heteroatoms. The zero-order chi connectivity index (χ0) is 14.0. The molecule has 0 aliphatic heterocycles. The fourth-order valence-corrected chi connectivity index (χ4v) is 1.88. The number of hydrogen-bond acceptors (Lipinski definition) is 3. The van der Waals surface area contributed by atoms with Gasteiger partial charge in [0.05, 0.1) is 17.6 Å². The lowest BCUT2D eigenvalue weighted by molar-refractivity contribution is 0.421. The molecule has 1 aromatic carbocycles. The summed E-state index contributed by atoms with van der Waals surface area (Å²) in [6.07, 6.45) is 1.96. The summed E-state index contributed by atoms with van der Waals surface area (Å²) < 4.78 is 2.91. The highest BCUT2D eigenvalue weighted by atomic mass is 79.9. The number of benzene rings is 1. The maximum absolute atomic E-state index is 4.19. The van der Waals surface area contributed by atoms with Gasteiger partial charge in [0.15, 0.2) is 0 Å². The SMILES string of the molecule is Cc1cc(-n2cc(CNC(C)(C)C)nn2)ccc1Br. The van der Waals surface area contributed by atoms with Crippen molar-refractivity contribution in [1.29, 1.82) is 0 Å². The molecule has 0 unspecified atom stereocenters. The van der Waals surface area contributed by atoms with Crippen LogP contribution in [0.15, 0.2) is 28.9 Å². The second-order valence-electron chi connectivity index (χ2n) is 5.69. The summed E-state index contributed by atoms with van der Waals surface area (Å²) in [7, 11) is 0. The van der Waals surface area contributed by atoms with E-state index in [4.69, 9.17) is 0 Å². The molecular weight excluding hydrogens is 304 g/mol. The van der Waals surface area contributed by atoms with Gasteiger partial charge >= 0.3 is 0 Å². The third-order valence-corrected chi connectivity index (χ3v) is 3.64. The minimum absolute atomic E-state index is 0.0813. The first-order chi connectivity index (χ1) is 8.85. The van der Waals surface area contributed by atoms with Crippen LogP contribution in [0.4, 0.5) is 0 Å². The Hall–Kier alpha value is -1.20. The van der Waals surface area contributed by atoms with E-state index in [1.807, 2.05) is 18.3 Å². The van der Waals surface area contributed by atoms with Crippen molar-refractivity contribution in [2.45, 2.75) is 39.8 Å². The van der Waals surface area contributed by atoms with E-state index in [0.29, 0.717) is 0 Å². The van der Waals surface area contributed by atoms with Crippen molar-refractivity contribution in [3.63, 3.8) is 0 Å². The summed E-state index contributed by atoms with van der Waals surface area (Å²) >= 11 is 3.50. The predicted octanol–water partition coefficient (Wildman–Crippen LogP) is 3.23. The van der Waals surface area contributed by atoms with E-state index in [9.17, 15) is 0 Å². The molecule has 2 aromatic rings. The second-order valence-corrected chi connectivity index (χ2v) is 6.55. The maximum atomic E-state index is 4.19. The molecule has 0 atom stereocenters. The van der Waals surface area contributed by atoms with Gasteiger partial charge in [0.1, 0.15) is 0 Å². The van der Waals surface area contributed by atoms with Crippen molar-refractivity contribution in [3.8, 4) is 5.69 Å². The number of nitrogens with zero attached hydrogens (tertiary/aromatic N) is 3. The topological polar surface area (TPSA) is 42.7 Å². The number of rotatable bonds is 3. The average molecular weight is 323 g/mol. The van der Waals surface area contributed by atoms with Gasteiger partial charge in [0.25, 0.3) is 0 Å². The van der Waals surface area contributed by atoms with Crippen LogP contribution in [-0.2, 0) is 6.54 Å². The van der Waals surface area contributed by atoms with E-state index in [2.05, 4.69) is 65.3 Å². The Morgan fingerprint density at radius 3 is 2.68 bits per heavy atom. The molecule has 2 rings (SSSR count). The molecule has 0 radical (unpaired) electrons. The Balaban J connectivity index is 2.14. The van der Waals surface area contributed by atoms with Gasteiger partial charge in [0, 0.05) is 16.6 Å². The standard InChI is InChI=1S/C14H19BrN4/c1-10-7-12(5-6-13(10)15)19-9-11(17-18-19)8-16-14(2,3)4/h5-7,9,16H,8H2,1-4H3. The Bertz CT molecular complexity index is 569. The fourth-order valence-electron chi connectivity index (χ4n) is 1.63. The van der Waals surface area contributed by atoms with Crippen LogP contribution in [0.1, 0.15) is 32.0 Å². The Morgan fingerprint density at radius 1 is 1.32 bits per heavy atom. The highest BCUT2D eigenvalue weighted by Crippen LogP contribution is 2.19. The van der Waals surface area contributed by atoms with E-state index in [1.54, 1.807) is 4.68 Å². The van der Waals surface area contributed by atoms with Gasteiger partial charge in [0.2, 0.25) is 0 Å². The molecule has 0 fully saturated rings. The van der Waals surface area contributed by atoms with Gasteiger partial charge in [-0.1, -0.05) is 21.1 Å². The maximum Gasteiger partial charge on any atom is 0.0969 e. The zero-order valence-corrected chi connectivity index (χ0v) is 13.3. The van der Waals surface area contributed by atoms with E-state index >= 15 is 0 Å². The molecule has 0 aliphatic rings. The van der Waals surface area contributed by atoms with Crippen molar-refractivity contribution in [2.24, 2.45) is 0 Å². The Kier molecular flexibility index (Phi) is 4.06. The van der Waals surface area contributed by atoms with Crippen LogP contribution >= 0.6 is 15.9 Å². The molecule has 0 aliphatic carbocycles. The van der Waals surface area contributed by atoms with Gasteiger partial charge in [-0.25, -0.2) is 4.68 Å². The molecule has 19 heavy (non-hydrogen) atoms. The van der Waals surface area contributed by atoms with Crippen molar-refractivity contribution in [2.75, 3.05) is 0 Å². The monoisotopic (exact) mass is 322 g/mol. The van der Waals surface area contributed by atoms with Gasteiger partial charge in [-0.3, -0.25) is 0 Å². The summed E-state index contributed by atoms with van der Waals surface area (Å²) in [6.45, 7) is 9.19. The van der Waals surface area contributed by atoms with Crippen molar-refractivity contribution >= 4 is 15.9 Å². The molecule has 0 amide bonds. The van der Waals surface area contributed by atoms with Gasteiger partial charge in [-0.15, -0.1) is 5.10 Å². The van der Waals surface area contributed by atoms with Crippen LogP contribution in [-0.4, -0.2) is 20.5 Å². The number of aromatic nitrogens is 3. The molecule has 0 saturated heterocycles. The predicted molar refractivity (Wildman–Crippen MR) is 80.4 cm³/mol. The van der Waals surface area contributed by atoms with Crippen molar-refractivity contribution in [3.05, 3.63) is 40.1 Å². The smallest absolute Gasteiger partial charge is 0.0969 e. The molecule has 0 saturated carbocycles. The van der Waals surface area contributed by atoms with Crippen LogP contribution in [0.5, 0.6) is 0 Å². The first-order valence-corrected chi connectivity index (χ1v) is 7.07. The largest absolute Gasteiger partial charge is 0.306 e. The van der Waals surface area contributed by atoms with Crippen LogP contribution in [0.25, 0.3) is 5.69 Å². The molecule has 0 bridgehead atoms. The summed E-state index contributed by atoms with van der Waals surface area (Å²) in [5.41, 5.74) is 3.23. The third-order valence-electron chi connectivity index (χ3n) is 2.75. The summed E-state index contributed by atoms with van der Waals surface area (Å²) in [6, 6.07) is 6.13. The minimum atomic E-state index is 0.0813. The second kappa shape index (κ2) is 5.43. The lowest BCUT2D eigenvalue weighted by Gasteiger charge is -2.19. The quantitative estimate of drug-likeness (QED) is 0.943. The van der Waals surface area contributed by atoms with Crippen LogP contribution < -0.4 is 5.32 Å². The molecule has 102 valence electrons. The summed E-state index contributed by atoms with van der Waals surface area (Å²) in [5.74, 6) is 0. The molecule has 1 heterocycles. The lowest BCUT2D eigenvalue weighted by Crippen LogP contribution is -2.35. The average Bonchev–Trinajstić information content (AvgIpc) is 2.78. The number of hydrogen-bond donors (Lipinski definition) is 1. The number of aryl methyl sites for hydroxylation is 1. The van der Waals surface area contributed by atoms with Gasteiger partial charge in [-0.05, 0) is 51.5 Å². The molecule has 0 spiro atoms. The first kappa shape index (κ1) is 14.2. The minimum Gasteiger partial charge on any atom is -0.306 e. The van der Waals surface area contributed by atoms with Crippen LogP contribution in [0.3, 0.4) is 0 Å². The zero-order valence-electron chi connectivity index (χ0n) is 11.7. The van der Waals surface area contributed by atoms with Crippen molar-refractivity contribution < 1.29 is 0 Å². The van der Waals surface area contributed by atoms with Crippen molar-refractivity contribution in [1.82, 2.24) is 20.3 Å². The summed E-state index contributed by atoms with van der Waals surface area (Å²) in [5, 5.41) is 11.8. The van der Waals surface area contributed by atoms with Crippen LogP contribution in [0, 0.1) is 6.92 Å². The van der Waals surface area contributed by atoms with Crippen LogP contribution in [0.2, 0.25) is 0 Å². The van der Waals surface area contributed by atoms with E-state index in [0.717, 1.165) is 22.4 Å². The molecule has 1 aromatic heterocycles. The van der Waals surface area contributed by atoms with E-state index in [1.165, 1.54) is 5.56 Å². The van der Waals surface area contributed by atoms with E-state index < -0.39 is 0 Å². The highest BCUT2D eigenvalue weighted by molar-refractivity contribution is 9.10. The van der Waals surface area contributed by atoms with Gasteiger partial charge in [-0.2, -0.15) is 0 Å². The number of nitrogens with one attached hydrogen (secondary N) is 1. The molecule has 1 N–H and O–H groups in total. The summed E-state index contributed by atoms with van der Waals surface area (Å²) in [4.78, 5) is 0. The normalized spacial score (nSPS) is 11.8. The van der Waals surface area contributed by atoms with Gasteiger partial charge < -0.3 is 5.32 Å². The van der Waals surface area contributed by atoms with E-state index in [-0.39, 0.29) is 5.54 Å². The Morgan fingerprint density at radius 2 is 2.05 bits per heavy atom. The third kappa shape index (κ3) is 3.88. The Labute approximate surface area is 122 Å². The number of halogens is 1. The first-order valence-electron chi connectivity index (χ1n) is 6.28.